The minimum atomic E-state index is 0. The standard InChI is InChI=1S/C17H22N2.ClH/c1-2-19(12-11-15-7-4-3-5-8-15)14-16-9-6-10-17(18)13-16;/h3-10,13H,2,11-12,14,18H2,1H3;1H. The molecule has 0 saturated carbocycles. The van der Waals surface area contributed by atoms with Gasteiger partial charge in [0.1, 0.15) is 0 Å². The number of hydrogen-bond acceptors (Lipinski definition) is 2. The normalized spacial score (nSPS) is 10.3. The number of benzene rings is 2. The molecule has 20 heavy (non-hydrogen) atoms. The van der Waals surface area contributed by atoms with Gasteiger partial charge in [0, 0.05) is 18.8 Å². The van der Waals surface area contributed by atoms with Crippen LogP contribution in [0.4, 0.5) is 5.69 Å². The summed E-state index contributed by atoms with van der Waals surface area (Å²) in [6.45, 7) is 5.31. The highest BCUT2D eigenvalue weighted by Crippen LogP contribution is 2.10. The highest BCUT2D eigenvalue weighted by Gasteiger charge is 2.04. The number of likely N-dealkylation sites (N-methyl/N-ethyl adjacent to an activating group) is 1. The van der Waals surface area contributed by atoms with Crippen LogP contribution in [0.2, 0.25) is 0 Å². The van der Waals surface area contributed by atoms with Crippen LogP contribution in [0.15, 0.2) is 54.6 Å². The van der Waals surface area contributed by atoms with Gasteiger partial charge in [-0.1, -0.05) is 49.4 Å². The molecule has 2 aromatic rings. The number of halogens is 1. The first kappa shape index (κ1) is 16.5. The maximum atomic E-state index is 5.82. The van der Waals surface area contributed by atoms with Crippen LogP contribution in [-0.2, 0) is 13.0 Å². The van der Waals surface area contributed by atoms with Gasteiger partial charge in [0.05, 0.1) is 0 Å². The second-order valence-corrected chi connectivity index (χ2v) is 4.85. The number of rotatable bonds is 6. The predicted octanol–water partition coefficient (Wildman–Crippen LogP) is 3.76. The number of nitrogens with two attached hydrogens (primary N) is 1. The van der Waals surface area contributed by atoms with Gasteiger partial charge in [-0.25, -0.2) is 0 Å². The fourth-order valence-corrected chi connectivity index (χ4v) is 2.23. The van der Waals surface area contributed by atoms with Crippen LogP contribution >= 0.6 is 12.4 Å². The van der Waals surface area contributed by atoms with Crippen LogP contribution in [0.3, 0.4) is 0 Å². The van der Waals surface area contributed by atoms with E-state index in [0.29, 0.717) is 0 Å². The Hall–Kier alpha value is -1.51. The molecule has 0 unspecified atom stereocenters. The fraction of sp³-hybridized carbons (Fsp3) is 0.294. The fourth-order valence-electron chi connectivity index (χ4n) is 2.23. The summed E-state index contributed by atoms with van der Waals surface area (Å²) < 4.78 is 0. The number of hydrogen-bond donors (Lipinski definition) is 1. The first-order valence-corrected chi connectivity index (χ1v) is 6.88. The zero-order valence-corrected chi connectivity index (χ0v) is 12.8. The lowest BCUT2D eigenvalue weighted by atomic mass is 10.1. The van der Waals surface area contributed by atoms with E-state index in [1.54, 1.807) is 0 Å². The van der Waals surface area contributed by atoms with E-state index in [0.717, 1.165) is 31.7 Å². The van der Waals surface area contributed by atoms with Gasteiger partial charge in [-0.05, 0) is 36.2 Å². The summed E-state index contributed by atoms with van der Waals surface area (Å²) in [6, 6.07) is 18.8. The summed E-state index contributed by atoms with van der Waals surface area (Å²) in [5, 5.41) is 0. The summed E-state index contributed by atoms with van der Waals surface area (Å²) in [5.74, 6) is 0. The van der Waals surface area contributed by atoms with Crippen molar-refractivity contribution in [3.63, 3.8) is 0 Å². The molecule has 0 aliphatic rings. The average molecular weight is 291 g/mol. The zero-order chi connectivity index (χ0) is 13.5. The smallest absolute Gasteiger partial charge is 0.0317 e. The first-order chi connectivity index (χ1) is 9.28. The van der Waals surface area contributed by atoms with Crippen molar-refractivity contribution in [1.29, 1.82) is 0 Å². The van der Waals surface area contributed by atoms with Crippen molar-refractivity contribution < 1.29 is 0 Å². The van der Waals surface area contributed by atoms with E-state index in [-0.39, 0.29) is 12.4 Å². The molecule has 108 valence electrons. The second kappa shape index (κ2) is 8.62. The lowest BCUT2D eigenvalue weighted by Gasteiger charge is -2.20. The molecule has 0 heterocycles. The Balaban J connectivity index is 0.00000200. The first-order valence-electron chi connectivity index (χ1n) is 6.88. The lowest BCUT2D eigenvalue weighted by Crippen LogP contribution is -2.25. The monoisotopic (exact) mass is 290 g/mol. The molecule has 2 N–H and O–H groups in total. The summed E-state index contributed by atoms with van der Waals surface area (Å²) in [7, 11) is 0. The van der Waals surface area contributed by atoms with Crippen LogP contribution in [0.25, 0.3) is 0 Å². The lowest BCUT2D eigenvalue weighted by molar-refractivity contribution is 0.283. The molecule has 0 saturated heterocycles. The van der Waals surface area contributed by atoms with Crippen molar-refractivity contribution in [2.75, 3.05) is 18.8 Å². The third kappa shape index (κ3) is 5.24. The van der Waals surface area contributed by atoms with Gasteiger partial charge in [0.15, 0.2) is 0 Å². The van der Waals surface area contributed by atoms with Crippen LogP contribution in [0.5, 0.6) is 0 Å². The summed E-state index contributed by atoms with van der Waals surface area (Å²) in [5.41, 5.74) is 9.35. The topological polar surface area (TPSA) is 29.3 Å². The van der Waals surface area contributed by atoms with Crippen molar-refractivity contribution >= 4 is 18.1 Å². The largest absolute Gasteiger partial charge is 0.399 e. The van der Waals surface area contributed by atoms with E-state index in [2.05, 4.69) is 54.3 Å². The van der Waals surface area contributed by atoms with E-state index in [1.807, 2.05) is 12.1 Å². The van der Waals surface area contributed by atoms with Gasteiger partial charge in [-0.3, -0.25) is 4.90 Å². The highest BCUT2D eigenvalue weighted by atomic mass is 35.5. The molecular formula is C17H23ClN2. The number of nitrogens with zero attached hydrogens (tertiary/aromatic N) is 1. The summed E-state index contributed by atoms with van der Waals surface area (Å²) in [6.07, 6.45) is 1.09. The van der Waals surface area contributed by atoms with Crippen molar-refractivity contribution in [1.82, 2.24) is 4.90 Å². The van der Waals surface area contributed by atoms with E-state index in [9.17, 15) is 0 Å². The number of nitrogen functional groups attached to an aromatic ring is 1. The van der Waals surface area contributed by atoms with Gasteiger partial charge in [0.25, 0.3) is 0 Å². The Morgan fingerprint density at radius 2 is 1.65 bits per heavy atom. The van der Waals surface area contributed by atoms with Crippen molar-refractivity contribution in [2.45, 2.75) is 19.9 Å². The van der Waals surface area contributed by atoms with Crippen LogP contribution in [-0.4, -0.2) is 18.0 Å². The molecular weight excluding hydrogens is 268 g/mol. The quantitative estimate of drug-likeness (QED) is 0.821. The van der Waals surface area contributed by atoms with Gasteiger partial charge in [-0.15, -0.1) is 12.4 Å². The minimum Gasteiger partial charge on any atom is -0.399 e. The molecule has 2 aromatic carbocycles. The van der Waals surface area contributed by atoms with Gasteiger partial charge in [-0.2, -0.15) is 0 Å². The van der Waals surface area contributed by atoms with Crippen molar-refractivity contribution in [3.8, 4) is 0 Å². The molecule has 0 aliphatic heterocycles. The van der Waals surface area contributed by atoms with Crippen LogP contribution < -0.4 is 5.73 Å². The van der Waals surface area contributed by atoms with E-state index < -0.39 is 0 Å². The maximum absolute atomic E-state index is 5.82. The average Bonchev–Trinajstić information content (AvgIpc) is 2.44. The van der Waals surface area contributed by atoms with E-state index in [1.165, 1.54) is 11.1 Å². The van der Waals surface area contributed by atoms with E-state index >= 15 is 0 Å². The van der Waals surface area contributed by atoms with Gasteiger partial charge in [0.2, 0.25) is 0 Å². The Morgan fingerprint density at radius 3 is 2.30 bits per heavy atom. The second-order valence-electron chi connectivity index (χ2n) is 4.85. The molecule has 0 bridgehead atoms. The third-order valence-corrected chi connectivity index (χ3v) is 3.36. The Labute approximate surface area is 128 Å². The maximum Gasteiger partial charge on any atom is 0.0317 e. The number of anilines is 1. The molecule has 2 nitrogen and oxygen atoms in total. The summed E-state index contributed by atoms with van der Waals surface area (Å²) >= 11 is 0. The van der Waals surface area contributed by atoms with E-state index in [4.69, 9.17) is 5.73 Å². The molecule has 0 radical (unpaired) electrons. The van der Waals surface area contributed by atoms with Gasteiger partial charge >= 0.3 is 0 Å². The predicted molar refractivity (Wildman–Crippen MR) is 89.2 cm³/mol. The molecule has 0 atom stereocenters. The summed E-state index contributed by atoms with van der Waals surface area (Å²) in [4.78, 5) is 2.45. The van der Waals surface area contributed by atoms with Gasteiger partial charge < -0.3 is 5.73 Å². The zero-order valence-electron chi connectivity index (χ0n) is 12.0. The Bertz CT molecular complexity index is 499. The molecule has 3 heteroatoms. The molecule has 0 aromatic heterocycles. The van der Waals surface area contributed by atoms with Crippen LogP contribution in [0, 0.1) is 0 Å². The molecule has 2 rings (SSSR count). The highest BCUT2D eigenvalue weighted by molar-refractivity contribution is 5.85. The Kier molecular flexibility index (Phi) is 7.13. The third-order valence-electron chi connectivity index (χ3n) is 3.36. The molecule has 0 amide bonds. The van der Waals surface area contributed by atoms with Crippen LogP contribution in [0.1, 0.15) is 18.1 Å². The molecule has 0 aliphatic carbocycles. The molecule has 0 spiro atoms. The Morgan fingerprint density at radius 1 is 0.950 bits per heavy atom. The molecule has 0 fully saturated rings. The SMILES string of the molecule is CCN(CCc1ccccc1)Cc1cccc(N)c1.Cl. The van der Waals surface area contributed by atoms with Crippen molar-refractivity contribution in [3.05, 3.63) is 65.7 Å². The van der Waals surface area contributed by atoms with Crippen molar-refractivity contribution in [2.24, 2.45) is 0 Å². The minimum absolute atomic E-state index is 0.